The second-order valence-electron chi connectivity index (χ2n) is 12.7. The number of benzene rings is 6. The second kappa shape index (κ2) is 12.7. The van der Waals surface area contributed by atoms with Gasteiger partial charge in [-0.15, -0.1) is 22.7 Å². The molecular weight excluding hydrogens is 645 g/mol. The molecule has 4 heteroatoms. The van der Waals surface area contributed by atoms with Crippen LogP contribution in [0, 0.1) is 6.92 Å². The zero-order valence-electron chi connectivity index (χ0n) is 27.9. The van der Waals surface area contributed by atoms with E-state index in [-0.39, 0.29) is 0 Å². The SMILES string of the molecule is CC/C=C\c1ccc(N(c2ccc(-c3ccc(-c4cccc5c4sc4ccccc45)nc3)cc2)c2ccc3sc4ccccc4c3c2)cc1C. The molecule has 0 amide bonds. The number of allylic oxidation sites excluding steroid dienone is 1. The smallest absolute Gasteiger partial charge is 0.0716 e. The monoisotopic (exact) mass is 678 g/mol. The minimum atomic E-state index is 0.998. The molecule has 0 bridgehead atoms. The normalized spacial score (nSPS) is 11.8. The van der Waals surface area contributed by atoms with Crippen LogP contribution in [0.2, 0.25) is 0 Å². The molecule has 9 aromatic rings. The Bertz CT molecular complexity index is 2700. The lowest BCUT2D eigenvalue weighted by Crippen LogP contribution is -2.10. The summed E-state index contributed by atoms with van der Waals surface area (Å²) in [7, 11) is 0. The van der Waals surface area contributed by atoms with Gasteiger partial charge < -0.3 is 4.90 Å². The molecule has 0 atom stereocenters. The van der Waals surface area contributed by atoms with Gasteiger partial charge in [-0.3, -0.25) is 4.98 Å². The first-order valence-corrected chi connectivity index (χ1v) is 18.7. The highest BCUT2D eigenvalue weighted by molar-refractivity contribution is 7.26. The van der Waals surface area contributed by atoms with E-state index in [0.29, 0.717) is 0 Å². The molecule has 240 valence electrons. The molecule has 0 radical (unpaired) electrons. The van der Waals surface area contributed by atoms with Crippen molar-refractivity contribution in [3.05, 3.63) is 163 Å². The van der Waals surface area contributed by atoms with Crippen molar-refractivity contribution in [3.63, 3.8) is 0 Å². The topological polar surface area (TPSA) is 16.1 Å². The van der Waals surface area contributed by atoms with Crippen LogP contribution in [0.15, 0.2) is 152 Å². The molecule has 50 heavy (non-hydrogen) atoms. The first-order valence-electron chi connectivity index (χ1n) is 17.1. The van der Waals surface area contributed by atoms with Crippen LogP contribution in [0.25, 0.3) is 68.8 Å². The summed E-state index contributed by atoms with van der Waals surface area (Å²) in [6, 6.07) is 50.8. The molecule has 6 aromatic carbocycles. The number of aromatic nitrogens is 1. The van der Waals surface area contributed by atoms with Gasteiger partial charge in [0.1, 0.15) is 0 Å². The molecule has 3 heterocycles. The fourth-order valence-electron chi connectivity index (χ4n) is 7.01. The van der Waals surface area contributed by atoms with E-state index in [0.717, 1.165) is 40.3 Å². The van der Waals surface area contributed by atoms with Crippen LogP contribution >= 0.6 is 22.7 Å². The summed E-state index contributed by atoms with van der Waals surface area (Å²) in [5.41, 5.74) is 10.3. The molecule has 0 N–H and O–H groups in total. The molecule has 0 unspecified atom stereocenters. The van der Waals surface area contributed by atoms with E-state index in [4.69, 9.17) is 4.98 Å². The van der Waals surface area contributed by atoms with Crippen molar-refractivity contribution in [3.8, 4) is 22.4 Å². The number of rotatable bonds is 7. The summed E-state index contributed by atoms with van der Waals surface area (Å²) in [4.78, 5) is 7.36. The maximum atomic E-state index is 4.98. The Morgan fingerprint density at radius 2 is 1.24 bits per heavy atom. The molecule has 2 nitrogen and oxygen atoms in total. The first-order chi connectivity index (χ1) is 24.6. The van der Waals surface area contributed by atoms with Gasteiger partial charge in [0.15, 0.2) is 0 Å². The third-order valence-electron chi connectivity index (χ3n) is 9.57. The van der Waals surface area contributed by atoms with Gasteiger partial charge in [0.2, 0.25) is 0 Å². The standard InChI is InChI=1S/C46H34N2S2/c1-3-4-10-31-17-23-35(27-30(31)2)48(36-24-26-45-41(28-36)38-12-6-7-15-43(38)49-45)34-21-18-32(19-22-34)33-20-25-42(47-29-33)40-14-9-13-39-37-11-5-8-16-44(37)50-46(39)40/h4-29H,3H2,1-2H3/b10-4-. The predicted octanol–water partition coefficient (Wildman–Crippen LogP) is 14.4. The van der Waals surface area contributed by atoms with Gasteiger partial charge in [0, 0.05) is 74.7 Å². The van der Waals surface area contributed by atoms with E-state index in [1.165, 1.54) is 57.0 Å². The highest BCUT2D eigenvalue weighted by Crippen LogP contribution is 2.42. The van der Waals surface area contributed by atoms with Crippen molar-refractivity contribution in [2.45, 2.75) is 20.3 Å². The lowest BCUT2D eigenvalue weighted by Gasteiger charge is -2.26. The Balaban J connectivity index is 1.08. The van der Waals surface area contributed by atoms with Crippen LogP contribution in [0.5, 0.6) is 0 Å². The first kappa shape index (κ1) is 30.5. The average molecular weight is 679 g/mol. The van der Waals surface area contributed by atoms with E-state index in [2.05, 4.69) is 170 Å². The largest absolute Gasteiger partial charge is 0.310 e. The van der Waals surface area contributed by atoms with E-state index < -0.39 is 0 Å². The highest BCUT2D eigenvalue weighted by Gasteiger charge is 2.17. The zero-order valence-corrected chi connectivity index (χ0v) is 29.6. The molecule has 0 fully saturated rings. The number of anilines is 3. The molecule has 0 spiro atoms. The Hall–Kier alpha value is -5.55. The maximum Gasteiger partial charge on any atom is 0.0716 e. The van der Waals surface area contributed by atoms with Gasteiger partial charge in [0.25, 0.3) is 0 Å². The Morgan fingerprint density at radius 3 is 2.00 bits per heavy atom. The van der Waals surface area contributed by atoms with Crippen LogP contribution in [-0.4, -0.2) is 4.98 Å². The molecule has 0 aliphatic rings. The molecule has 0 saturated carbocycles. The van der Waals surface area contributed by atoms with Crippen molar-refractivity contribution >= 4 is 86.2 Å². The van der Waals surface area contributed by atoms with Crippen molar-refractivity contribution in [1.29, 1.82) is 0 Å². The van der Waals surface area contributed by atoms with Crippen molar-refractivity contribution in [2.75, 3.05) is 4.90 Å². The Kier molecular flexibility index (Phi) is 7.76. The van der Waals surface area contributed by atoms with Crippen molar-refractivity contribution < 1.29 is 0 Å². The Labute approximate surface area is 300 Å². The highest BCUT2D eigenvalue weighted by atomic mass is 32.1. The fraction of sp³-hybridized carbons (Fsp3) is 0.0652. The third kappa shape index (κ3) is 5.38. The number of nitrogens with zero attached hydrogens (tertiary/aromatic N) is 2. The Morgan fingerprint density at radius 1 is 0.580 bits per heavy atom. The number of aryl methyl sites for hydroxylation is 1. The van der Waals surface area contributed by atoms with Crippen LogP contribution < -0.4 is 4.90 Å². The minimum absolute atomic E-state index is 0.998. The maximum absolute atomic E-state index is 4.98. The number of pyridine rings is 1. The lowest BCUT2D eigenvalue weighted by molar-refractivity contribution is 1.23. The predicted molar refractivity (Wildman–Crippen MR) is 220 cm³/mol. The molecular formula is C46H34N2S2. The second-order valence-corrected chi connectivity index (χ2v) is 14.9. The summed E-state index contributed by atoms with van der Waals surface area (Å²) in [6.45, 7) is 4.38. The van der Waals surface area contributed by atoms with Gasteiger partial charge in [-0.25, -0.2) is 0 Å². The summed E-state index contributed by atoms with van der Waals surface area (Å²) in [5, 5.41) is 5.20. The van der Waals surface area contributed by atoms with Gasteiger partial charge >= 0.3 is 0 Å². The quantitative estimate of drug-likeness (QED) is 0.167. The van der Waals surface area contributed by atoms with Crippen LogP contribution in [0.4, 0.5) is 17.1 Å². The summed E-state index contributed by atoms with van der Waals surface area (Å²) in [5.74, 6) is 0. The average Bonchev–Trinajstić information content (AvgIpc) is 3.73. The van der Waals surface area contributed by atoms with E-state index in [1.807, 2.05) is 28.9 Å². The lowest BCUT2D eigenvalue weighted by atomic mass is 10.0. The van der Waals surface area contributed by atoms with Gasteiger partial charge in [-0.1, -0.05) is 97.9 Å². The summed E-state index contributed by atoms with van der Waals surface area (Å²) < 4.78 is 5.22. The fourth-order valence-corrected chi connectivity index (χ4v) is 9.32. The van der Waals surface area contributed by atoms with E-state index in [1.54, 1.807) is 0 Å². The number of hydrogen-bond donors (Lipinski definition) is 0. The van der Waals surface area contributed by atoms with Gasteiger partial charge in [-0.2, -0.15) is 0 Å². The van der Waals surface area contributed by atoms with Crippen molar-refractivity contribution in [1.82, 2.24) is 4.98 Å². The molecule has 0 saturated heterocycles. The summed E-state index contributed by atoms with van der Waals surface area (Å²) >= 11 is 3.70. The molecule has 9 rings (SSSR count). The molecule has 0 aliphatic heterocycles. The van der Waals surface area contributed by atoms with Gasteiger partial charge in [0.05, 0.1) is 5.69 Å². The summed E-state index contributed by atoms with van der Waals surface area (Å²) in [6.07, 6.45) is 7.48. The van der Waals surface area contributed by atoms with E-state index in [9.17, 15) is 0 Å². The van der Waals surface area contributed by atoms with E-state index >= 15 is 0 Å². The van der Waals surface area contributed by atoms with Crippen LogP contribution in [-0.2, 0) is 0 Å². The minimum Gasteiger partial charge on any atom is -0.310 e. The zero-order chi connectivity index (χ0) is 33.6. The van der Waals surface area contributed by atoms with Crippen molar-refractivity contribution in [2.24, 2.45) is 0 Å². The number of hydrogen-bond acceptors (Lipinski definition) is 4. The molecule has 0 aliphatic carbocycles. The molecule has 3 aromatic heterocycles. The van der Waals surface area contributed by atoms with Gasteiger partial charge in [-0.05, 0) is 90.7 Å². The van der Waals surface area contributed by atoms with Crippen LogP contribution in [0.3, 0.4) is 0 Å². The number of fused-ring (bicyclic) bond motifs is 6. The number of thiophene rings is 2. The van der Waals surface area contributed by atoms with Crippen LogP contribution in [0.1, 0.15) is 24.5 Å². The third-order valence-corrected chi connectivity index (χ3v) is 11.9.